The Morgan fingerprint density at radius 2 is 1.41 bits per heavy atom. The minimum atomic E-state index is -1.02. The van der Waals surface area contributed by atoms with E-state index < -0.39 is 5.97 Å². The van der Waals surface area contributed by atoms with Gasteiger partial charge in [0.05, 0.1) is 25.4 Å². The summed E-state index contributed by atoms with van der Waals surface area (Å²) >= 11 is 0. The van der Waals surface area contributed by atoms with Crippen molar-refractivity contribution in [2.24, 2.45) is 0 Å². The van der Waals surface area contributed by atoms with E-state index in [9.17, 15) is 4.79 Å². The highest BCUT2D eigenvalue weighted by molar-refractivity contribution is 6.14. The van der Waals surface area contributed by atoms with Crippen molar-refractivity contribution >= 4 is 11.5 Å². The van der Waals surface area contributed by atoms with E-state index in [1.807, 2.05) is 0 Å². The van der Waals surface area contributed by atoms with Crippen LogP contribution in [-0.2, 0) is 14.3 Å². The molecule has 0 spiro atoms. The highest BCUT2D eigenvalue weighted by atomic mass is 16.5. The third kappa shape index (κ3) is 11.5. The molecular weight excluding hydrogens is 344 g/mol. The van der Waals surface area contributed by atoms with Crippen molar-refractivity contribution in [2.75, 3.05) is 33.0 Å². The molecule has 27 heavy (non-hydrogen) atoms. The van der Waals surface area contributed by atoms with Crippen molar-refractivity contribution in [3.63, 3.8) is 0 Å². The van der Waals surface area contributed by atoms with Gasteiger partial charge < -0.3 is 19.3 Å². The third-order valence-electron chi connectivity index (χ3n) is 4.22. The largest absolute Gasteiger partial charge is 0.491 e. The summed E-state index contributed by atoms with van der Waals surface area (Å²) in [6, 6.07) is 6.83. The average Bonchev–Trinajstić information content (AvgIpc) is 2.68. The van der Waals surface area contributed by atoms with Crippen molar-refractivity contribution in [3.8, 4) is 5.75 Å². The van der Waals surface area contributed by atoms with Crippen molar-refractivity contribution in [1.82, 2.24) is 0 Å². The molecule has 0 unspecified atom stereocenters. The minimum Gasteiger partial charge on any atom is -0.491 e. The number of hydrogen-bond acceptors (Lipinski definition) is 4. The normalized spacial score (nSPS) is 10.7. The number of carbonyl (C=O) groups is 1. The van der Waals surface area contributed by atoms with Gasteiger partial charge in [0.1, 0.15) is 12.4 Å². The van der Waals surface area contributed by atoms with E-state index >= 15 is 0 Å². The van der Waals surface area contributed by atoms with Crippen LogP contribution in [0.3, 0.4) is 0 Å². The van der Waals surface area contributed by atoms with Gasteiger partial charge in [0, 0.05) is 6.61 Å². The van der Waals surface area contributed by atoms with Crippen molar-refractivity contribution in [3.05, 3.63) is 36.4 Å². The van der Waals surface area contributed by atoms with Crippen molar-refractivity contribution in [2.45, 2.75) is 51.9 Å². The molecule has 0 radical (unpaired) electrons. The Balaban J connectivity index is 1.93. The van der Waals surface area contributed by atoms with Gasteiger partial charge >= 0.3 is 5.97 Å². The molecule has 0 aliphatic heterocycles. The Hall–Kier alpha value is -1.85. The molecule has 0 fully saturated rings. The molecule has 0 saturated heterocycles. The first-order chi connectivity index (χ1) is 13.1. The van der Waals surface area contributed by atoms with E-state index in [1.165, 1.54) is 38.5 Å². The molecule has 0 aromatic heterocycles. The maximum Gasteiger partial charge on any atom is 0.335 e. The predicted octanol–water partition coefficient (Wildman–Crippen LogP) is 4.95. The van der Waals surface area contributed by atoms with E-state index in [4.69, 9.17) is 19.3 Å². The lowest BCUT2D eigenvalue weighted by atomic mass is 10.1. The molecule has 1 rings (SSSR count). The third-order valence-corrected chi connectivity index (χ3v) is 4.22. The van der Waals surface area contributed by atoms with Crippen LogP contribution < -0.4 is 4.74 Å². The van der Waals surface area contributed by atoms with Crippen LogP contribution in [0.5, 0.6) is 5.75 Å². The molecule has 0 aliphatic rings. The summed E-state index contributed by atoms with van der Waals surface area (Å²) in [5.74, 6) is -0.345. The highest BCUT2D eigenvalue weighted by Gasteiger charge is 2.06. The number of carboxylic acid groups (broad SMARTS) is 1. The molecule has 0 heterocycles. The molecule has 0 atom stereocenters. The second-order valence-corrected chi connectivity index (χ2v) is 6.50. The fourth-order valence-electron chi connectivity index (χ4n) is 2.58. The van der Waals surface area contributed by atoms with Gasteiger partial charge in [-0.25, -0.2) is 4.79 Å². The maximum atomic E-state index is 10.8. The van der Waals surface area contributed by atoms with Crippen LogP contribution in [-0.4, -0.2) is 44.1 Å². The minimum absolute atomic E-state index is 0.0707. The Morgan fingerprint density at radius 3 is 2.04 bits per heavy atom. The topological polar surface area (TPSA) is 65.0 Å². The number of rotatable bonds is 17. The van der Waals surface area contributed by atoms with E-state index in [0.29, 0.717) is 37.7 Å². The van der Waals surface area contributed by atoms with E-state index in [1.54, 1.807) is 24.3 Å². The lowest BCUT2D eigenvalue weighted by Crippen LogP contribution is -2.11. The zero-order chi connectivity index (χ0) is 19.7. The van der Waals surface area contributed by atoms with Crippen molar-refractivity contribution < 1.29 is 24.1 Å². The molecule has 1 aromatic carbocycles. The zero-order valence-electron chi connectivity index (χ0n) is 16.6. The monoisotopic (exact) mass is 378 g/mol. The van der Waals surface area contributed by atoms with Crippen LogP contribution in [0.1, 0.15) is 57.4 Å². The first kappa shape index (κ1) is 23.2. The number of carboxylic acids is 1. The molecular formula is C22H34O5. The predicted molar refractivity (Wildman–Crippen MR) is 108 cm³/mol. The first-order valence-corrected chi connectivity index (χ1v) is 9.96. The summed E-state index contributed by atoms with van der Waals surface area (Å²) in [6.07, 6.45) is 9.02. The first-order valence-electron chi connectivity index (χ1n) is 9.96. The molecule has 0 aliphatic carbocycles. The number of benzene rings is 1. The lowest BCUT2D eigenvalue weighted by Gasteiger charge is -2.08. The second kappa shape index (κ2) is 15.2. The van der Waals surface area contributed by atoms with Gasteiger partial charge in [0.25, 0.3) is 0 Å². The second-order valence-electron chi connectivity index (χ2n) is 6.50. The fourth-order valence-corrected chi connectivity index (χ4v) is 2.58. The smallest absolute Gasteiger partial charge is 0.335 e. The van der Waals surface area contributed by atoms with Gasteiger partial charge in [0.15, 0.2) is 0 Å². The molecule has 0 bridgehead atoms. The van der Waals surface area contributed by atoms with Crippen LogP contribution in [0.4, 0.5) is 0 Å². The summed E-state index contributed by atoms with van der Waals surface area (Å²) in [6.45, 7) is 8.68. The number of aliphatic carboxylic acids is 1. The van der Waals surface area contributed by atoms with Crippen molar-refractivity contribution in [1.29, 1.82) is 0 Å². The van der Waals surface area contributed by atoms with Crippen LogP contribution >= 0.6 is 0 Å². The van der Waals surface area contributed by atoms with Gasteiger partial charge in [-0.3, -0.25) is 0 Å². The summed E-state index contributed by atoms with van der Waals surface area (Å²) in [5, 5.41) is 8.89. The van der Waals surface area contributed by atoms with Crippen LogP contribution in [0, 0.1) is 0 Å². The van der Waals surface area contributed by atoms with Crippen LogP contribution in [0.2, 0.25) is 0 Å². The number of ether oxygens (including phenoxy) is 3. The Labute approximate surface area is 163 Å². The Bertz CT molecular complexity index is 524. The van der Waals surface area contributed by atoms with Gasteiger partial charge in [0.2, 0.25) is 0 Å². The quantitative estimate of drug-likeness (QED) is 0.307. The summed E-state index contributed by atoms with van der Waals surface area (Å²) in [5.41, 5.74) is 0.644. The number of hydrogen-bond donors (Lipinski definition) is 1. The summed E-state index contributed by atoms with van der Waals surface area (Å²) in [7, 11) is 0. The summed E-state index contributed by atoms with van der Waals surface area (Å²) in [4.78, 5) is 10.8. The van der Waals surface area contributed by atoms with Gasteiger partial charge in [-0.1, -0.05) is 64.2 Å². The maximum absolute atomic E-state index is 10.8. The standard InChI is InChI=1S/C22H34O5/c1-3-4-5-6-7-8-9-14-25-15-16-26-17-18-27-21-12-10-20(11-13-21)19(2)22(23)24/h10-13H,2-9,14-18H2,1H3,(H,23,24). The van der Waals surface area contributed by atoms with Gasteiger partial charge in [-0.15, -0.1) is 0 Å². The molecule has 5 nitrogen and oxygen atoms in total. The molecule has 152 valence electrons. The lowest BCUT2D eigenvalue weighted by molar-refractivity contribution is -0.130. The molecule has 0 saturated carbocycles. The fraction of sp³-hybridized carbons (Fsp3) is 0.591. The Kier molecular flexibility index (Phi) is 13.1. The number of unbranched alkanes of at least 4 members (excludes halogenated alkanes) is 6. The SMILES string of the molecule is C=C(C(=O)O)c1ccc(OCCOCCOCCCCCCCCC)cc1. The molecule has 1 N–H and O–H groups in total. The average molecular weight is 379 g/mol. The van der Waals surface area contributed by atoms with Crippen LogP contribution in [0.25, 0.3) is 5.57 Å². The van der Waals surface area contributed by atoms with Gasteiger partial charge in [-0.2, -0.15) is 0 Å². The van der Waals surface area contributed by atoms with Crippen LogP contribution in [0.15, 0.2) is 30.8 Å². The Morgan fingerprint density at radius 1 is 0.852 bits per heavy atom. The van der Waals surface area contributed by atoms with E-state index in [2.05, 4.69) is 13.5 Å². The molecule has 1 aromatic rings. The molecule has 0 amide bonds. The van der Waals surface area contributed by atoms with E-state index in [-0.39, 0.29) is 5.57 Å². The highest BCUT2D eigenvalue weighted by Crippen LogP contribution is 2.17. The zero-order valence-corrected chi connectivity index (χ0v) is 16.6. The van der Waals surface area contributed by atoms with E-state index in [0.717, 1.165) is 13.0 Å². The summed E-state index contributed by atoms with van der Waals surface area (Å²) < 4.78 is 16.6. The molecule has 5 heteroatoms. The van der Waals surface area contributed by atoms with Gasteiger partial charge in [-0.05, 0) is 24.1 Å².